The molecule has 0 saturated carbocycles. The van der Waals surface area contributed by atoms with Gasteiger partial charge in [-0.3, -0.25) is 10.1 Å². The number of thiazole rings is 1. The molecular formula is C16H16N4OS. The van der Waals surface area contributed by atoms with Gasteiger partial charge in [0.05, 0.1) is 11.4 Å². The van der Waals surface area contributed by atoms with Gasteiger partial charge in [0.1, 0.15) is 5.69 Å². The van der Waals surface area contributed by atoms with Gasteiger partial charge in [0.25, 0.3) is 5.91 Å². The summed E-state index contributed by atoms with van der Waals surface area (Å²) in [6.07, 6.45) is 1.66. The SMILES string of the molecule is CC(C)c1cc(C(=O)Nc2nccs2)n(-c2ccccc2)n1. The number of carbonyl (C=O) groups is 1. The van der Waals surface area contributed by atoms with Crippen molar-refractivity contribution in [3.05, 3.63) is 59.4 Å². The first kappa shape index (κ1) is 14.5. The molecule has 0 unspecified atom stereocenters. The molecule has 0 aliphatic heterocycles. The molecule has 1 amide bonds. The van der Waals surface area contributed by atoms with E-state index in [1.54, 1.807) is 10.9 Å². The van der Waals surface area contributed by atoms with E-state index >= 15 is 0 Å². The van der Waals surface area contributed by atoms with Gasteiger partial charge in [-0.1, -0.05) is 32.0 Å². The number of nitrogens with one attached hydrogen (secondary N) is 1. The largest absolute Gasteiger partial charge is 0.296 e. The minimum Gasteiger partial charge on any atom is -0.296 e. The van der Waals surface area contributed by atoms with Crippen LogP contribution in [-0.2, 0) is 0 Å². The van der Waals surface area contributed by atoms with Crippen molar-refractivity contribution in [3.63, 3.8) is 0 Å². The smallest absolute Gasteiger partial charge is 0.276 e. The molecule has 0 saturated heterocycles. The Morgan fingerprint density at radius 1 is 1.27 bits per heavy atom. The van der Waals surface area contributed by atoms with Crippen molar-refractivity contribution in [2.24, 2.45) is 0 Å². The first-order chi connectivity index (χ1) is 10.6. The molecule has 0 fully saturated rings. The number of carbonyl (C=O) groups excluding carboxylic acids is 1. The number of aromatic nitrogens is 3. The highest BCUT2D eigenvalue weighted by molar-refractivity contribution is 7.13. The maximum absolute atomic E-state index is 12.5. The van der Waals surface area contributed by atoms with E-state index in [1.165, 1.54) is 11.3 Å². The third kappa shape index (κ3) is 2.92. The summed E-state index contributed by atoms with van der Waals surface area (Å²) >= 11 is 1.39. The zero-order valence-corrected chi connectivity index (χ0v) is 13.2. The fourth-order valence-corrected chi connectivity index (χ4v) is 2.58. The van der Waals surface area contributed by atoms with Crippen molar-refractivity contribution < 1.29 is 4.79 Å². The maximum Gasteiger partial charge on any atom is 0.276 e. The number of para-hydroxylation sites is 1. The third-order valence-corrected chi connectivity index (χ3v) is 3.89. The zero-order valence-electron chi connectivity index (χ0n) is 12.4. The highest BCUT2D eigenvalue weighted by atomic mass is 32.1. The number of rotatable bonds is 4. The second kappa shape index (κ2) is 6.11. The van der Waals surface area contributed by atoms with Crippen LogP contribution in [0.5, 0.6) is 0 Å². The standard InChI is InChI=1S/C16H16N4OS/c1-11(2)13-10-14(15(21)18-16-17-8-9-22-16)20(19-13)12-6-4-3-5-7-12/h3-11H,1-2H3,(H,17,18,21). The van der Waals surface area contributed by atoms with Crippen LogP contribution in [-0.4, -0.2) is 20.7 Å². The summed E-state index contributed by atoms with van der Waals surface area (Å²) in [4.78, 5) is 16.6. The Hall–Kier alpha value is -2.47. The molecule has 3 rings (SSSR count). The Bertz CT molecular complexity index is 763. The van der Waals surface area contributed by atoms with Crippen molar-refractivity contribution in [2.75, 3.05) is 5.32 Å². The molecule has 6 heteroatoms. The fourth-order valence-electron chi connectivity index (χ4n) is 2.06. The number of benzene rings is 1. The summed E-state index contributed by atoms with van der Waals surface area (Å²) in [5.74, 6) is 0.0366. The van der Waals surface area contributed by atoms with Gasteiger partial charge in [-0.05, 0) is 24.1 Å². The van der Waals surface area contributed by atoms with Gasteiger partial charge in [-0.25, -0.2) is 9.67 Å². The molecule has 0 atom stereocenters. The number of anilines is 1. The van der Waals surface area contributed by atoms with Gasteiger partial charge < -0.3 is 0 Å². The lowest BCUT2D eigenvalue weighted by atomic mass is 10.1. The predicted octanol–water partition coefficient (Wildman–Crippen LogP) is 3.70. The van der Waals surface area contributed by atoms with Crippen LogP contribution in [0.25, 0.3) is 5.69 Å². The van der Waals surface area contributed by atoms with E-state index in [9.17, 15) is 4.79 Å². The van der Waals surface area contributed by atoms with Crippen molar-refractivity contribution in [3.8, 4) is 5.69 Å². The highest BCUT2D eigenvalue weighted by Crippen LogP contribution is 2.20. The molecule has 3 aromatic rings. The van der Waals surface area contributed by atoms with Crippen LogP contribution in [0, 0.1) is 0 Å². The summed E-state index contributed by atoms with van der Waals surface area (Å²) in [5.41, 5.74) is 2.25. The van der Waals surface area contributed by atoms with E-state index in [1.807, 2.05) is 41.8 Å². The monoisotopic (exact) mass is 312 g/mol. The Labute approximate surface area is 132 Å². The van der Waals surface area contributed by atoms with Gasteiger partial charge in [0, 0.05) is 11.6 Å². The first-order valence-electron chi connectivity index (χ1n) is 7.01. The molecule has 0 aliphatic carbocycles. The number of amides is 1. The molecule has 0 bridgehead atoms. The number of hydrogen-bond acceptors (Lipinski definition) is 4. The van der Waals surface area contributed by atoms with E-state index in [0.29, 0.717) is 10.8 Å². The molecule has 0 radical (unpaired) electrons. The number of hydrogen-bond donors (Lipinski definition) is 1. The van der Waals surface area contributed by atoms with Crippen molar-refractivity contribution in [1.29, 1.82) is 0 Å². The van der Waals surface area contributed by atoms with E-state index < -0.39 is 0 Å². The lowest BCUT2D eigenvalue weighted by Gasteiger charge is -2.06. The minimum atomic E-state index is -0.210. The van der Waals surface area contributed by atoms with Gasteiger partial charge in [-0.15, -0.1) is 11.3 Å². The van der Waals surface area contributed by atoms with Gasteiger partial charge in [0.2, 0.25) is 0 Å². The highest BCUT2D eigenvalue weighted by Gasteiger charge is 2.18. The third-order valence-electron chi connectivity index (χ3n) is 3.21. The summed E-state index contributed by atoms with van der Waals surface area (Å²) in [6, 6.07) is 11.5. The maximum atomic E-state index is 12.5. The van der Waals surface area contributed by atoms with E-state index in [-0.39, 0.29) is 11.8 Å². The molecule has 112 valence electrons. The zero-order chi connectivity index (χ0) is 15.5. The molecule has 0 aliphatic rings. The minimum absolute atomic E-state index is 0.210. The summed E-state index contributed by atoms with van der Waals surface area (Å²) < 4.78 is 1.68. The van der Waals surface area contributed by atoms with Crippen LogP contribution in [0.3, 0.4) is 0 Å². The number of nitrogens with zero attached hydrogens (tertiary/aromatic N) is 3. The van der Waals surface area contributed by atoms with Crippen LogP contribution < -0.4 is 5.32 Å². The molecule has 1 aromatic carbocycles. The molecule has 1 N–H and O–H groups in total. The summed E-state index contributed by atoms with van der Waals surface area (Å²) in [7, 11) is 0. The predicted molar refractivity (Wildman–Crippen MR) is 87.7 cm³/mol. The Kier molecular flexibility index (Phi) is 4.02. The van der Waals surface area contributed by atoms with Crippen LogP contribution >= 0.6 is 11.3 Å². The second-order valence-electron chi connectivity index (χ2n) is 5.15. The van der Waals surface area contributed by atoms with Crippen molar-refractivity contribution in [1.82, 2.24) is 14.8 Å². The van der Waals surface area contributed by atoms with Crippen molar-refractivity contribution in [2.45, 2.75) is 19.8 Å². The normalized spacial score (nSPS) is 10.9. The molecule has 0 spiro atoms. The Balaban J connectivity index is 2.00. The van der Waals surface area contributed by atoms with Crippen molar-refractivity contribution >= 4 is 22.4 Å². The van der Waals surface area contributed by atoms with E-state index in [2.05, 4.69) is 29.2 Å². The molecule has 2 heterocycles. The molecule has 2 aromatic heterocycles. The molecular weight excluding hydrogens is 296 g/mol. The Morgan fingerprint density at radius 3 is 2.68 bits per heavy atom. The lowest BCUT2D eigenvalue weighted by molar-refractivity contribution is 0.101. The van der Waals surface area contributed by atoms with Gasteiger partial charge >= 0.3 is 0 Å². The average molecular weight is 312 g/mol. The molecule has 5 nitrogen and oxygen atoms in total. The van der Waals surface area contributed by atoms with Crippen LogP contribution in [0.4, 0.5) is 5.13 Å². The fraction of sp³-hybridized carbons (Fsp3) is 0.188. The average Bonchev–Trinajstić information content (AvgIpc) is 3.17. The van der Waals surface area contributed by atoms with E-state index in [0.717, 1.165) is 11.4 Å². The van der Waals surface area contributed by atoms with E-state index in [4.69, 9.17) is 0 Å². The quantitative estimate of drug-likeness (QED) is 0.799. The first-order valence-corrected chi connectivity index (χ1v) is 7.89. The topological polar surface area (TPSA) is 59.8 Å². The molecule has 22 heavy (non-hydrogen) atoms. The van der Waals surface area contributed by atoms with Crippen LogP contribution in [0.1, 0.15) is 35.9 Å². The van der Waals surface area contributed by atoms with Crippen LogP contribution in [0.15, 0.2) is 48.0 Å². The lowest BCUT2D eigenvalue weighted by Crippen LogP contribution is -2.16. The Morgan fingerprint density at radius 2 is 2.05 bits per heavy atom. The summed E-state index contributed by atoms with van der Waals surface area (Å²) in [6.45, 7) is 4.11. The van der Waals surface area contributed by atoms with Gasteiger partial charge in [0.15, 0.2) is 5.13 Å². The second-order valence-corrected chi connectivity index (χ2v) is 6.04. The van der Waals surface area contributed by atoms with Gasteiger partial charge in [-0.2, -0.15) is 5.10 Å². The van der Waals surface area contributed by atoms with Crippen LogP contribution in [0.2, 0.25) is 0 Å². The summed E-state index contributed by atoms with van der Waals surface area (Å²) in [5, 5.41) is 9.78.